The molecule has 0 unspecified atom stereocenters. The van der Waals surface area contributed by atoms with Gasteiger partial charge in [0.15, 0.2) is 5.58 Å². The maximum atomic E-state index is 5.83. The van der Waals surface area contributed by atoms with Gasteiger partial charge in [-0.3, -0.25) is 0 Å². The average Bonchev–Trinajstić information content (AvgIpc) is 2.96. The van der Waals surface area contributed by atoms with Crippen LogP contribution in [0.2, 0.25) is 0 Å². The number of nitrogens with zero attached hydrogens (tertiary/aromatic N) is 1. The summed E-state index contributed by atoms with van der Waals surface area (Å²) in [6.45, 7) is 5.99. The maximum Gasteiger partial charge on any atom is 0.227 e. The monoisotopic (exact) mass is 275 g/mol. The molecule has 3 aromatic rings. The van der Waals surface area contributed by atoms with Crippen molar-refractivity contribution in [2.24, 2.45) is 0 Å². The first kappa shape index (κ1) is 13.4. The Morgan fingerprint density at radius 1 is 1.19 bits per heavy atom. The van der Waals surface area contributed by atoms with Crippen molar-refractivity contribution in [3.63, 3.8) is 0 Å². The van der Waals surface area contributed by atoms with Crippen LogP contribution in [0, 0.1) is 0 Å². The van der Waals surface area contributed by atoms with Crippen LogP contribution in [0.25, 0.3) is 28.1 Å². The van der Waals surface area contributed by atoms with Gasteiger partial charge in [0.1, 0.15) is 5.52 Å². The van der Waals surface area contributed by atoms with Gasteiger partial charge in [-0.2, -0.15) is 0 Å². The minimum Gasteiger partial charge on any atom is -0.436 e. The van der Waals surface area contributed by atoms with Gasteiger partial charge >= 0.3 is 0 Å². The van der Waals surface area contributed by atoms with E-state index in [-0.39, 0.29) is 0 Å². The van der Waals surface area contributed by atoms with Crippen LogP contribution in [0.1, 0.15) is 18.9 Å². The molecule has 2 nitrogen and oxygen atoms in total. The van der Waals surface area contributed by atoms with Crippen molar-refractivity contribution < 1.29 is 4.42 Å². The number of hydrogen-bond acceptors (Lipinski definition) is 2. The standard InChI is InChI=1S/C19H17NO/c1-3-8-14(4-2)16-11-12-18-17(13-16)20-19(21-18)15-9-6-5-7-10-15/h4-13H,2-3H2,1H3/b14-8+. The first-order valence-corrected chi connectivity index (χ1v) is 7.11. The predicted molar refractivity (Wildman–Crippen MR) is 87.9 cm³/mol. The van der Waals surface area contributed by atoms with Crippen LogP contribution < -0.4 is 0 Å². The summed E-state index contributed by atoms with van der Waals surface area (Å²) < 4.78 is 5.83. The highest BCUT2D eigenvalue weighted by Crippen LogP contribution is 2.27. The fourth-order valence-electron chi connectivity index (χ4n) is 2.35. The molecule has 0 aliphatic carbocycles. The summed E-state index contributed by atoms with van der Waals surface area (Å²) in [7, 11) is 0. The van der Waals surface area contributed by atoms with Crippen LogP contribution >= 0.6 is 0 Å². The summed E-state index contributed by atoms with van der Waals surface area (Å²) >= 11 is 0. The largest absolute Gasteiger partial charge is 0.436 e. The van der Waals surface area contributed by atoms with Crippen molar-refractivity contribution in [3.8, 4) is 11.5 Å². The van der Waals surface area contributed by atoms with E-state index in [9.17, 15) is 0 Å². The van der Waals surface area contributed by atoms with Crippen molar-refractivity contribution in [2.45, 2.75) is 13.3 Å². The van der Waals surface area contributed by atoms with E-state index < -0.39 is 0 Å². The molecule has 0 bridgehead atoms. The molecule has 1 heterocycles. The topological polar surface area (TPSA) is 26.0 Å². The van der Waals surface area contributed by atoms with Crippen LogP contribution in [0.15, 0.2) is 71.7 Å². The summed E-state index contributed by atoms with van der Waals surface area (Å²) in [6.07, 6.45) is 5.02. The lowest BCUT2D eigenvalue weighted by Gasteiger charge is -2.01. The smallest absolute Gasteiger partial charge is 0.227 e. The molecule has 104 valence electrons. The number of benzene rings is 2. The van der Waals surface area contributed by atoms with E-state index in [0.29, 0.717) is 5.89 Å². The molecule has 2 aromatic carbocycles. The highest BCUT2D eigenvalue weighted by atomic mass is 16.3. The second-order valence-corrected chi connectivity index (χ2v) is 4.84. The molecule has 21 heavy (non-hydrogen) atoms. The summed E-state index contributed by atoms with van der Waals surface area (Å²) in [5.41, 5.74) is 4.91. The van der Waals surface area contributed by atoms with Crippen molar-refractivity contribution in [1.29, 1.82) is 0 Å². The molecule has 1 aromatic heterocycles. The van der Waals surface area contributed by atoms with Gasteiger partial charge in [0.05, 0.1) is 0 Å². The van der Waals surface area contributed by atoms with Crippen molar-refractivity contribution in [3.05, 3.63) is 72.8 Å². The minimum absolute atomic E-state index is 0.655. The van der Waals surface area contributed by atoms with Crippen LogP contribution in [0.5, 0.6) is 0 Å². The lowest BCUT2D eigenvalue weighted by molar-refractivity contribution is 0.620. The highest BCUT2D eigenvalue weighted by molar-refractivity contribution is 5.83. The Morgan fingerprint density at radius 2 is 2.00 bits per heavy atom. The first-order valence-electron chi connectivity index (χ1n) is 7.11. The molecule has 3 rings (SSSR count). The Labute approximate surface area is 124 Å². The Morgan fingerprint density at radius 3 is 2.71 bits per heavy atom. The van der Waals surface area contributed by atoms with E-state index in [1.165, 1.54) is 0 Å². The van der Waals surface area contributed by atoms with Gasteiger partial charge in [0, 0.05) is 5.56 Å². The molecule has 0 atom stereocenters. The lowest BCUT2D eigenvalue weighted by atomic mass is 10.0. The van der Waals surface area contributed by atoms with E-state index in [0.717, 1.165) is 34.2 Å². The fourth-order valence-corrected chi connectivity index (χ4v) is 2.35. The molecule has 0 saturated carbocycles. The van der Waals surface area contributed by atoms with E-state index in [4.69, 9.17) is 4.42 Å². The summed E-state index contributed by atoms with van der Waals surface area (Å²) in [5, 5.41) is 0. The van der Waals surface area contributed by atoms with Crippen LogP contribution in [-0.4, -0.2) is 4.98 Å². The number of oxazole rings is 1. The third-order valence-electron chi connectivity index (χ3n) is 3.39. The van der Waals surface area contributed by atoms with Gasteiger partial charge in [-0.15, -0.1) is 0 Å². The molecule has 0 radical (unpaired) electrons. The Balaban J connectivity index is 2.07. The number of fused-ring (bicyclic) bond motifs is 1. The van der Waals surface area contributed by atoms with Gasteiger partial charge in [0.25, 0.3) is 0 Å². The van der Waals surface area contributed by atoms with Gasteiger partial charge in [-0.25, -0.2) is 4.98 Å². The third-order valence-corrected chi connectivity index (χ3v) is 3.39. The van der Waals surface area contributed by atoms with Crippen LogP contribution in [0.4, 0.5) is 0 Å². The van der Waals surface area contributed by atoms with E-state index in [1.807, 2.05) is 48.5 Å². The molecule has 0 aliphatic heterocycles. The first-order chi connectivity index (χ1) is 10.3. The average molecular weight is 275 g/mol. The third kappa shape index (κ3) is 2.65. The normalized spacial score (nSPS) is 11.8. The second-order valence-electron chi connectivity index (χ2n) is 4.84. The molecule has 0 fully saturated rings. The quantitative estimate of drug-likeness (QED) is 0.590. The van der Waals surface area contributed by atoms with Gasteiger partial charge < -0.3 is 4.42 Å². The Hall–Kier alpha value is -2.61. The van der Waals surface area contributed by atoms with Gasteiger partial charge in [0.2, 0.25) is 5.89 Å². The van der Waals surface area contributed by atoms with Crippen molar-refractivity contribution >= 4 is 16.7 Å². The SMILES string of the molecule is C=C/C(=C\CC)c1ccc2oc(-c3ccccc3)nc2c1. The number of allylic oxidation sites excluding steroid dienone is 3. The summed E-state index contributed by atoms with van der Waals surface area (Å²) in [4.78, 5) is 4.59. The van der Waals surface area contributed by atoms with E-state index >= 15 is 0 Å². The zero-order chi connectivity index (χ0) is 14.7. The molecule has 0 N–H and O–H groups in total. The lowest BCUT2D eigenvalue weighted by Crippen LogP contribution is -1.81. The fraction of sp³-hybridized carbons (Fsp3) is 0.105. The van der Waals surface area contributed by atoms with E-state index in [2.05, 4.69) is 30.6 Å². The number of hydrogen-bond donors (Lipinski definition) is 0. The molecule has 2 heteroatoms. The van der Waals surface area contributed by atoms with Crippen LogP contribution in [0.3, 0.4) is 0 Å². The predicted octanol–water partition coefficient (Wildman–Crippen LogP) is 5.47. The van der Waals surface area contributed by atoms with Gasteiger partial charge in [-0.05, 0) is 41.8 Å². The number of aromatic nitrogens is 1. The highest BCUT2D eigenvalue weighted by Gasteiger charge is 2.09. The second kappa shape index (κ2) is 5.80. The zero-order valence-corrected chi connectivity index (χ0v) is 12.0. The zero-order valence-electron chi connectivity index (χ0n) is 12.0. The Kier molecular flexibility index (Phi) is 3.69. The van der Waals surface area contributed by atoms with Crippen molar-refractivity contribution in [1.82, 2.24) is 4.98 Å². The molecule has 0 spiro atoms. The molecular weight excluding hydrogens is 258 g/mol. The minimum atomic E-state index is 0.655. The summed E-state index contributed by atoms with van der Waals surface area (Å²) in [6, 6.07) is 16.0. The molecular formula is C19H17NO. The maximum absolute atomic E-state index is 5.83. The van der Waals surface area contributed by atoms with Crippen molar-refractivity contribution in [2.75, 3.05) is 0 Å². The van der Waals surface area contributed by atoms with Crippen LogP contribution in [-0.2, 0) is 0 Å². The van der Waals surface area contributed by atoms with Gasteiger partial charge in [-0.1, -0.05) is 49.9 Å². The molecule has 0 amide bonds. The summed E-state index contributed by atoms with van der Waals surface area (Å²) in [5.74, 6) is 0.655. The number of rotatable bonds is 4. The molecule has 0 aliphatic rings. The van der Waals surface area contributed by atoms with E-state index in [1.54, 1.807) is 0 Å². The molecule has 0 saturated heterocycles. The Bertz CT molecular complexity index is 797.